The summed E-state index contributed by atoms with van der Waals surface area (Å²) in [4.78, 5) is 11.3. The van der Waals surface area contributed by atoms with E-state index in [2.05, 4.69) is 5.32 Å². The van der Waals surface area contributed by atoms with Crippen LogP contribution in [-0.2, 0) is 14.3 Å². The maximum Gasteiger partial charge on any atom is 0.188 e. The standard InChI is InChI=1S/C8H15NO3/c1-2-11-6-7(10)8-5-9-3-4-12-8/h8-9H,2-6H2,1H3. The van der Waals surface area contributed by atoms with Gasteiger partial charge < -0.3 is 14.8 Å². The number of ether oxygens (including phenoxy) is 2. The lowest BCUT2D eigenvalue weighted by atomic mass is 10.2. The molecule has 0 aromatic rings. The second kappa shape index (κ2) is 5.24. The molecule has 1 aliphatic rings. The van der Waals surface area contributed by atoms with Crippen molar-refractivity contribution >= 4 is 5.78 Å². The zero-order chi connectivity index (χ0) is 8.81. The largest absolute Gasteiger partial charge is 0.374 e. The average Bonchev–Trinajstić information content (AvgIpc) is 2.15. The Kier molecular flexibility index (Phi) is 4.21. The molecule has 1 N–H and O–H groups in total. The highest BCUT2D eigenvalue weighted by Gasteiger charge is 2.20. The zero-order valence-corrected chi connectivity index (χ0v) is 7.34. The van der Waals surface area contributed by atoms with Gasteiger partial charge in [-0.1, -0.05) is 0 Å². The highest BCUT2D eigenvalue weighted by atomic mass is 16.5. The first-order valence-electron chi connectivity index (χ1n) is 4.27. The van der Waals surface area contributed by atoms with Gasteiger partial charge in [0.05, 0.1) is 6.61 Å². The molecule has 1 atom stereocenters. The van der Waals surface area contributed by atoms with Crippen molar-refractivity contribution in [2.24, 2.45) is 0 Å². The Bertz CT molecular complexity index is 143. The third-order valence-electron chi connectivity index (χ3n) is 1.74. The van der Waals surface area contributed by atoms with E-state index >= 15 is 0 Å². The lowest BCUT2D eigenvalue weighted by Crippen LogP contribution is -2.44. The molecule has 0 bridgehead atoms. The van der Waals surface area contributed by atoms with Crippen molar-refractivity contribution in [3.63, 3.8) is 0 Å². The Hall–Kier alpha value is -0.450. The molecule has 1 fully saturated rings. The van der Waals surface area contributed by atoms with Gasteiger partial charge >= 0.3 is 0 Å². The summed E-state index contributed by atoms with van der Waals surface area (Å²) in [6.45, 7) is 4.68. The normalized spacial score (nSPS) is 23.9. The van der Waals surface area contributed by atoms with E-state index < -0.39 is 0 Å². The first-order chi connectivity index (χ1) is 5.84. The summed E-state index contributed by atoms with van der Waals surface area (Å²) >= 11 is 0. The maximum atomic E-state index is 11.3. The molecule has 0 radical (unpaired) electrons. The van der Waals surface area contributed by atoms with Crippen LogP contribution in [0.4, 0.5) is 0 Å². The monoisotopic (exact) mass is 173 g/mol. The molecular weight excluding hydrogens is 158 g/mol. The maximum absolute atomic E-state index is 11.3. The lowest BCUT2D eigenvalue weighted by Gasteiger charge is -2.22. The number of carbonyl (C=O) groups is 1. The van der Waals surface area contributed by atoms with Crippen molar-refractivity contribution in [1.29, 1.82) is 0 Å². The summed E-state index contributed by atoms with van der Waals surface area (Å²) in [5.74, 6) is 0.0315. The highest BCUT2D eigenvalue weighted by molar-refractivity contribution is 5.84. The Morgan fingerprint density at radius 1 is 1.75 bits per heavy atom. The summed E-state index contributed by atoms with van der Waals surface area (Å²) in [5, 5.41) is 3.09. The number of hydrogen-bond acceptors (Lipinski definition) is 4. The second-order valence-corrected chi connectivity index (χ2v) is 2.67. The number of ketones is 1. The summed E-state index contributed by atoms with van der Waals surface area (Å²) < 4.78 is 10.2. The topological polar surface area (TPSA) is 47.6 Å². The number of carbonyl (C=O) groups excluding carboxylic acids is 1. The van der Waals surface area contributed by atoms with Crippen LogP contribution in [0.2, 0.25) is 0 Å². The van der Waals surface area contributed by atoms with Crippen molar-refractivity contribution in [3.05, 3.63) is 0 Å². The van der Waals surface area contributed by atoms with Gasteiger partial charge in [0, 0.05) is 19.7 Å². The van der Waals surface area contributed by atoms with Gasteiger partial charge in [0.15, 0.2) is 5.78 Å². The molecule has 12 heavy (non-hydrogen) atoms. The lowest BCUT2D eigenvalue weighted by molar-refractivity contribution is -0.136. The number of nitrogens with one attached hydrogen (secondary N) is 1. The van der Waals surface area contributed by atoms with Crippen LogP contribution in [0.3, 0.4) is 0 Å². The molecule has 1 heterocycles. The SMILES string of the molecule is CCOCC(=O)C1CNCCO1. The van der Waals surface area contributed by atoms with E-state index in [0.29, 0.717) is 19.8 Å². The van der Waals surface area contributed by atoms with Crippen LogP contribution < -0.4 is 5.32 Å². The minimum Gasteiger partial charge on any atom is -0.374 e. The second-order valence-electron chi connectivity index (χ2n) is 2.67. The van der Waals surface area contributed by atoms with E-state index in [4.69, 9.17) is 9.47 Å². The van der Waals surface area contributed by atoms with Crippen molar-refractivity contribution in [3.8, 4) is 0 Å². The Balaban J connectivity index is 2.20. The molecule has 1 unspecified atom stereocenters. The van der Waals surface area contributed by atoms with Gasteiger partial charge in [-0.2, -0.15) is 0 Å². The first-order valence-corrected chi connectivity index (χ1v) is 4.27. The van der Waals surface area contributed by atoms with Crippen LogP contribution >= 0.6 is 0 Å². The van der Waals surface area contributed by atoms with E-state index in [1.54, 1.807) is 0 Å². The van der Waals surface area contributed by atoms with Crippen molar-refractivity contribution < 1.29 is 14.3 Å². The smallest absolute Gasteiger partial charge is 0.188 e. The number of Topliss-reactive ketones (excluding diaryl/α,β-unsaturated/α-hetero) is 1. The molecule has 1 saturated heterocycles. The fourth-order valence-corrected chi connectivity index (χ4v) is 1.07. The van der Waals surface area contributed by atoms with Gasteiger partial charge in [0.2, 0.25) is 0 Å². The van der Waals surface area contributed by atoms with Gasteiger partial charge in [-0.3, -0.25) is 4.79 Å². The van der Waals surface area contributed by atoms with Gasteiger partial charge in [-0.25, -0.2) is 0 Å². The molecule has 1 rings (SSSR count). The van der Waals surface area contributed by atoms with E-state index in [1.807, 2.05) is 6.92 Å². The highest BCUT2D eigenvalue weighted by Crippen LogP contribution is 1.97. The van der Waals surface area contributed by atoms with Crippen molar-refractivity contribution in [1.82, 2.24) is 5.32 Å². The Labute approximate surface area is 72.2 Å². The van der Waals surface area contributed by atoms with Crippen LogP contribution in [0, 0.1) is 0 Å². The van der Waals surface area contributed by atoms with E-state index in [0.717, 1.165) is 6.54 Å². The molecule has 70 valence electrons. The van der Waals surface area contributed by atoms with E-state index in [-0.39, 0.29) is 18.5 Å². The van der Waals surface area contributed by atoms with Gasteiger partial charge in [0.25, 0.3) is 0 Å². The van der Waals surface area contributed by atoms with E-state index in [9.17, 15) is 4.79 Å². The molecular formula is C8H15NO3. The number of rotatable bonds is 4. The Morgan fingerprint density at radius 2 is 2.58 bits per heavy atom. The predicted octanol–water partition coefficient (Wildman–Crippen LogP) is -0.420. The van der Waals surface area contributed by atoms with E-state index in [1.165, 1.54) is 0 Å². The third-order valence-corrected chi connectivity index (χ3v) is 1.74. The summed E-state index contributed by atoms with van der Waals surface area (Å²) in [5.41, 5.74) is 0. The Morgan fingerprint density at radius 3 is 3.17 bits per heavy atom. The summed E-state index contributed by atoms with van der Waals surface area (Å²) in [6, 6.07) is 0. The summed E-state index contributed by atoms with van der Waals surface area (Å²) in [7, 11) is 0. The van der Waals surface area contributed by atoms with Crippen molar-refractivity contribution in [2.45, 2.75) is 13.0 Å². The molecule has 1 aliphatic heterocycles. The molecule has 0 aromatic carbocycles. The molecule has 0 spiro atoms. The van der Waals surface area contributed by atoms with Crippen LogP contribution in [0.1, 0.15) is 6.92 Å². The van der Waals surface area contributed by atoms with Gasteiger partial charge in [-0.05, 0) is 6.92 Å². The predicted molar refractivity (Wildman–Crippen MR) is 44.1 cm³/mol. The zero-order valence-electron chi connectivity index (χ0n) is 7.34. The number of hydrogen-bond donors (Lipinski definition) is 1. The average molecular weight is 173 g/mol. The van der Waals surface area contributed by atoms with Crippen LogP contribution in [0.15, 0.2) is 0 Å². The summed E-state index contributed by atoms with van der Waals surface area (Å²) in [6.07, 6.45) is -0.301. The fraction of sp³-hybridized carbons (Fsp3) is 0.875. The first kappa shape index (κ1) is 9.64. The third kappa shape index (κ3) is 2.89. The minimum absolute atomic E-state index is 0.0315. The molecule has 0 aromatic heterocycles. The van der Waals surface area contributed by atoms with Crippen molar-refractivity contribution in [2.75, 3.05) is 32.9 Å². The number of morpholine rings is 1. The van der Waals surface area contributed by atoms with Crippen LogP contribution in [-0.4, -0.2) is 44.8 Å². The molecule has 0 amide bonds. The molecule has 0 aliphatic carbocycles. The van der Waals surface area contributed by atoms with Gasteiger partial charge in [-0.15, -0.1) is 0 Å². The molecule has 4 nitrogen and oxygen atoms in total. The van der Waals surface area contributed by atoms with Gasteiger partial charge in [0.1, 0.15) is 12.7 Å². The quantitative estimate of drug-likeness (QED) is 0.627. The molecule has 0 saturated carbocycles. The van der Waals surface area contributed by atoms with Crippen LogP contribution in [0.25, 0.3) is 0 Å². The fourth-order valence-electron chi connectivity index (χ4n) is 1.07. The minimum atomic E-state index is -0.301. The van der Waals surface area contributed by atoms with Crippen LogP contribution in [0.5, 0.6) is 0 Å². The molecule has 4 heteroatoms.